The van der Waals surface area contributed by atoms with Crippen molar-refractivity contribution in [1.29, 1.82) is 0 Å². The van der Waals surface area contributed by atoms with Crippen molar-refractivity contribution in [3.8, 4) is 0 Å². The van der Waals surface area contributed by atoms with Gasteiger partial charge in [-0.15, -0.1) is 0 Å². The van der Waals surface area contributed by atoms with Gasteiger partial charge in [0.1, 0.15) is 0 Å². The largest absolute Gasteiger partial charge is 0.261 e. The second kappa shape index (κ2) is 4.67. The SMILES string of the molecule is CCN=S(C)C(C)=C(C)C. The Kier molecular flexibility index (Phi) is 4.62. The normalized spacial score (nSPS) is 13.3. The average Bonchev–Trinajstić information content (AvgIpc) is 1.87. The molecule has 0 aromatic heterocycles. The summed E-state index contributed by atoms with van der Waals surface area (Å²) < 4.78 is 4.42. The zero-order valence-corrected chi connectivity index (χ0v) is 8.38. The van der Waals surface area contributed by atoms with E-state index in [1.165, 1.54) is 10.5 Å². The topological polar surface area (TPSA) is 12.4 Å². The maximum atomic E-state index is 4.42. The Bertz CT molecular complexity index is 164. The van der Waals surface area contributed by atoms with E-state index in [0.717, 1.165) is 6.54 Å². The highest BCUT2D eigenvalue weighted by molar-refractivity contribution is 7.90. The Morgan fingerprint density at radius 1 is 1.30 bits per heavy atom. The number of rotatable bonds is 2. The van der Waals surface area contributed by atoms with Gasteiger partial charge >= 0.3 is 0 Å². The summed E-state index contributed by atoms with van der Waals surface area (Å²) in [6.07, 6.45) is 2.17. The predicted molar refractivity (Wildman–Crippen MR) is 50.3 cm³/mol. The van der Waals surface area contributed by atoms with Crippen LogP contribution in [-0.4, -0.2) is 12.8 Å². The van der Waals surface area contributed by atoms with Crippen molar-refractivity contribution in [2.45, 2.75) is 27.7 Å². The van der Waals surface area contributed by atoms with E-state index in [1.807, 2.05) is 0 Å². The smallest absolute Gasteiger partial charge is 0.0433 e. The van der Waals surface area contributed by atoms with Gasteiger partial charge in [0.25, 0.3) is 0 Å². The fraction of sp³-hybridized carbons (Fsp3) is 0.750. The van der Waals surface area contributed by atoms with Crippen molar-refractivity contribution in [2.24, 2.45) is 4.36 Å². The summed E-state index contributed by atoms with van der Waals surface area (Å²) in [6, 6.07) is 0. The molecule has 0 spiro atoms. The van der Waals surface area contributed by atoms with E-state index in [1.54, 1.807) is 0 Å². The molecule has 2 heteroatoms. The molecule has 1 nitrogen and oxygen atoms in total. The molecule has 0 aliphatic rings. The summed E-state index contributed by atoms with van der Waals surface area (Å²) in [5.74, 6) is 0. The van der Waals surface area contributed by atoms with Gasteiger partial charge in [0.15, 0.2) is 0 Å². The van der Waals surface area contributed by atoms with Gasteiger partial charge in [0, 0.05) is 6.54 Å². The van der Waals surface area contributed by atoms with Crippen molar-refractivity contribution >= 4 is 10.7 Å². The quantitative estimate of drug-likeness (QED) is 0.587. The summed E-state index contributed by atoms with van der Waals surface area (Å²) in [4.78, 5) is 1.43. The highest BCUT2D eigenvalue weighted by atomic mass is 32.2. The molecule has 0 heterocycles. The van der Waals surface area contributed by atoms with E-state index in [4.69, 9.17) is 0 Å². The Balaban J connectivity index is 4.36. The lowest BCUT2D eigenvalue weighted by atomic mass is 10.3. The summed E-state index contributed by atoms with van der Waals surface area (Å²) in [5, 5.41) is 0. The van der Waals surface area contributed by atoms with Gasteiger partial charge < -0.3 is 0 Å². The highest BCUT2D eigenvalue weighted by Crippen LogP contribution is 2.07. The van der Waals surface area contributed by atoms with Crippen LogP contribution in [0.3, 0.4) is 0 Å². The molecule has 10 heavy (non-hydrogen) atoms. The van der Waals surface area contributed by atoms with Crippen molar-refractivity contribution in [1.82, 2.24) is 0 Å². The van der Waals surface area contributed by atoms with E-state index in [0.29, 0.717) is 0 Å². The standard InChI is InChI=1S/C8H17NS/c1-6-9-10(5)8(4)7(2)3/h6H2,1-5H3. The van der Waals surface area contributed by atoms with Gasteiger partial charge in [-0.3, -0.25) is 4.36 Å². The second-order valence-corrected chi connectivity index (χ2v) is 4.31. The first kappa shape index (κ1) is 9.89. The molecule has 1 unspecified atom stereocenters. The van der Waals surface area contributed by atoms with Crippen molar-refractivity contribution in [3.05, 3.63) is 10.5 Å². The van der Waals surface area contributed by atoms with E-state index >= 15 is 0 Å². The molecule has 1 atom stereocenters. The van der Waals surface area contributed by atoms with Crippen LogP contribution in [0.4, 0.5) is 0 Å². The number of hydrogen-bond acceptors (Lipinski definition) is 1. The van der Waals surface area contributed by atoms with Gasteiger partial charge in [-0.2, -0.15) is 0 Å². The van der Waals surface area contributed by atoms with Gasteiger partial charge in [-0.1, -0.05) is 16.3 Å². The van der Waals surface area contributed by atoms with Crippen LogP contribution < -0.4 is 0 Å². The first-order chi connectivity index (χ1) is 4.59. The Hall–Kier alpha value is -0.110. The monoisotopic (exact) mass is 159 g/mol. The van der Waals surface area contributed by atoms with Gasteiger partial charge in [-0.05, 0) is 38.9 Å². The molecule has 0 bridgehead atoms. The molecule has 0 aromatic carbocycles. The minimum Gasteiger partial charge on any atom is -0.261 e. The number of allylic oxidation sites excluding steroid dienone is 2. The Morgan fingerprint density at radius 2 is 1.80 bits per heavy atom. The van der Waals surface area contributed by atoms with Crippen LogP contribution in [0.25, 0.3) is 0 Å². The molecule has 0 fully saturated rings. The fourth-order valence-electron chi connectivity index (χ4n) is 0.586. The molecule has 0 aromatic rings. The Labute approximate surface area is 66.6 Å². The van der Waals surface area contributed by atoms with Gasteiger partial charge in [0.05, 0.1) is 0 Å². The summed E-state index contributed by atoms with van der Waals surface area (Å²) in [6.45, 7) is 9.47. The van der Waals surface area contributed by atoms with Crippen LogP contribution in [-0.2, 0) is 10.7 Å². The van der Waals surface area contributed by atoms with Gasteiger partial charge in [0.2, 0.25) is 0 Å². The summed E-state index contributed by atoms with van der Waals surface area (Å²) >= 11 is 0. The summed E-state index contributed by atoms with van der Waals surface area (Å²) in [5.41, 5.74) is 1.41. The molecule has 0 rings (SSSR count). The number of hydrogen-bond donors (Lipinski definition) is 0. The zero-order valence-electron chi connectivity index (χ0n) is 7.56. The lowest BCUT2D eigenvalue weighted by Crippen LogP contribution is -1.90. The highest BCUT2D eigenvalue weighted by Gasteiger charge is 1.92. The second-order valence-electron chi connectivity index (χ2n) is 2.48. The molecule has 0 radical (unpaired) electrons. The molecule has 0 amide bonds. The Morgan fingerprint density at radius 3 is 2.10 bits per heavy atom. The van der Waals surface area contributed by atoms with Crippen LogP contribution in [0.5, 0.6) is 0 Å². The lowest BCUT2D eigenvalue weighted by molar-refractivity contribution is 1.15. The number of nitrogens with zero attached hydrogens (tertiary/aromatic N) is 1. The molecule has 60 valence electrons. The third-order valence-corrected chi connectivity index (χ3v) is 3.41. The molecule has 0 saturated heterocycles. The molecular formula is C8H17NS. The third-order valence-electron chi connectivity index (χ3n) is 1.47. The third kappa shape index (κ3) is 3.16. The molecule has 0 N–H and O–H groups in total. The molecular weight excluding hydrogens is 142 g/mol. The lowest BCUT2D eigenvalue weighted by Gasteiger charge is -2.02. The molecule has 0 aliphatic carbocycles. The predicted octanol–water partition coefficient (Wildman–Crippen LogP) is 2.75. The van der Waals surface area contributed by atoms with Crippen LogP contribution in [0.2, 0.25) is 0 Å². The van der Waals surface area contributed by atoms with Crippen molar-refractivity contribution in [3.63, 3.8) is 0 Å². The van der Waals surface area contributed by atoms with E-state index in [-0.39, 0.29) is 10.7 Å². The maximum Gasteiger partial charge on any atom is 0.0433 e. The minimum absolute atomic E-state index is 0.160. The van der Waals surface area contributed by atoms with Crippen molar-refractivity contribution in [2.75, 3.05) is 12.8 Å². The summed E-state index contributed by atoms with van der Waals surface area (Å²) in [7, 11) is 0.160. The zero-order chi connectivity index (χ0) is 8.15. The molecule has 0 saturated carbocycles. The average molecular weight is 159 g/mol. The van der Waals surface area contributed by atoms with E-state index in [2.05, 4.69) is 38.3 Å². The first-order valence-electron chi connectivity index (χ1n) is 3.57. The fourth-order valence-corrected chi connectivity index (χ4v) is 1.76. The van der Waals surface area contributed by atoms with Crippen LogP contribution in [0.15, 0.2) is 14.8 Å². The van der Waals surface area contributed by atoms with E-state index in [9.17, 15) is 0 Å². The molecule has 0 aliphatic heterocycles. The first-order valence-corrected chi connectivity index (χ1v) is 5.16. The van der Waals surface area contributed by atoms with E-state index < -0.39 is 0 Å². The van der Waals surface area contributed by atoms with Crippen LogP contribution >= 0.6 is 0 Å². The van der Waals surface area contributed by atoms with Gasteiger partial charge in [-0.25, -0.2) is 0 Å². The minimum atomic E-state index is 0.160. The van der Waals surface area contributed by atoms with Crippen LogP contribution in [0, 0.1) is 0 Å². The maximum absolute atomic E-state index is 4.42. The van der Waals surface area contributed by atoms with Crippen LogP contribution in [0.1, 0.15) is 27.7 Å². The van der Waals surface area contributed by atoms with Crippen molar-refractivity contribution < 1.29 is 0 Å².